The van der Waals surface area contributed by atoms with Crippen LogP contribution in [0.3, 0.4) is 0 Å². The second-order valence-corrected chi connectivity index (χ2v) is 7.84. The molecule has 4 aliphatic rings. The molecular weight excluding hydrogens is 300 g/mol. The predicted molar refractivity (Wildman–Crippen MR) is 86.6 cm³/mol. The molecule has 0 saturated heterocycles. The minimum absolute atomic E-state index is 0.0273. The summed E-state index contributed by atoms with van der Waals surface area (Å²) in [5.41, 5.74) is 0.848. The number of benzene rings is 1. The van der Waals surface area contributed by atoms with Gasteiger partial charge in [0, 0.05) is 28.9 Å². The Labute approximate surface area is 134 Å². The first-order valence-corrected chi connectivity index (χ1v) is 8.39. The van der Waals surface area contributed by atoms with Gasteiger partial charge in [-0.05, 0) is 62.3 Å². The minimum Gasteiger partial charge on any atom is -0.286 e. The molecule has 4 saturated carbocycles. The molecule has 4 aliphatic carbocycles. The number of rotatable bonds is 3. The van der Waals surface area contributed by atoms with Crippen molar-refractivity contribution < 1.29 is 4.92 Å². The summed E-state index contributed by atoms with van der Waals surface area (Å²) in [5, 5.41) is 11.3. The van der Waals surface area contributed by atoms with E-state index in [9.17, 15) is 10.1 Å². The largest absolute Gasteiger partial charge is 0.286 e. The van der Waals surface area contributed by atoms with Gasteiger partial charge in [-0.2, -0.15) is 0 Å². The van der Waals surface area contributed by atoms with Crippen LogP contribution >= 0.6 is 11.6 Å². The Morgan fingerprint density at radius 2 is 1.73 bits per heavy atom. The van der Waals surface area contributed by atoms with Crippen molar-refractivity contribution in [2.24, 2.45) is 22.7 Å². The number of hydrogen-bond donors (Lipinski definition) is 0. The topological polar surface area (TPSA) is 55.5 Å². The third-order valence-electron chi connectivity index (χ3n) is 5.61. The van der Waals surface area contributed by atoms with E-state index in [4.69, 9.17) is 16.6 Å². The number of nitro groups is 1. The Hall–Kier alpha value is -1.42. The fraction of sp³-hybridized carbons (Fsp3) is 0.588. The number of halogens is 1. The van der Waals surface area contributed by atoms with E-state index in [2.05, 4.69) is 0 Å². The molecule has 5 rings (SSSR count). The summed E-state index contributed by atoms with van der Waals surface area (Å²) in [6.07, 6.45) is 9.55. The maximum absolute atomic E-state index is 10.9. The van der Waals surface area contributed by atoms with Gasteiger partial charge in [-0.25, -0.2) is 0 Å². The Balaban J connectivity index is 1.61. The number of nitrogens with zero attached hydrogens (tertiary/aromatic N) is 2. The SMILES string of the molecule is O=[N+]([O-])c1cc(Cl)cc(C=NC23CC4CC(CC(C4)C2)C3)c1. The third kappa shape index (κ3) is 2.54. The highest BCUT2D eigenvalue weighted by Crippen LogP contribution is 2.57. The summed E-state index contributed by atoms with van der Waals surface area (Å²) in [4.78, 5) is 15.4. The van der Waals surface area contributed by atoms with Crippen LogP contribution in [0.2, 0.25) is 5.02 Å². The number of hydrogen-bond acceptors (Lipinski definition) is 3. The van der Waals surface area contributed by atoms with Crippen molar-refractivity contribution in [3.05, 3.63) is 38.9 Å². The summed E-state index contributed by atoms with van der Waals surface area (Å²) >= 11 is 5.98. The van der Waals surface area contributed by atoms with Gasteiger partial charge < -0.3 is 0 Å². The quantitative estimate of drug-likeness (QED) is 0.463. The highest BCUT2D eigenvalue weighted by Gasteiger charge is 2.50. The van der Waals surface area contributed by atoms with Crippen molar-refractivity contribution in [1.82, 2.24) is 0 Å². The first-order valence-electron chi connectivity index (χ1n) is 8.02. The Bertz CT molecular complexity index is 621. The van der Waals surface area contributed by atoms with Crippen molar-refractivity contribution in [1.29, 1.82) is 0 Å². The lowest BCUT2D eigenvalue weighted by Gasteiger charge is -2.54. The highest BCUT2D eigenvalue weighted by molar-refractivity contribution is 6.31. The van der Waals surface area contributed by atoms with Crippen LogP contribution in [-0.2, 0) is 0 Å². The van der Waals surface area contributed by atoms with Crippen molar-refractivity contribution in [3.8, 4) is 0 Å². The van der Waals surface area contributed by atoms with Crippen LogP contribution in [0.25, 0.3) is 0 Å². The van der Waals surface area contributed by atoms with Gasteiger partial charge in [0.1, 0.15) is 0 Å². The molecule has 4 bridgehead atoms. The van der Waals surface area contributed by atoms with Crippen LogP contribution < -0.4 is 0 Å². The lowest BCUT2D eigenvalue weighted by molar-refractivity contribution is -0.384. The molecule has 0 aliphatic heterocycles. The third-order valence-corrected chi connectivity index (χ3v) is 5.83. The fourth-order valence-corrected chi connectivity index (χ4v) is 5.45. The van der Waals surface area contributed by atoms with E-state index >= 15 is 0 Å². The van der Waals surface area contributed by atoms with Crippen molar-refractivity contribution >= 4 is 23.5 Å². The smallest absolute Gasteiger partial charge is 0.271 e. The highest BCUT2D eigenvalue weighted by atomic mass is 35.5. The lowest BCUT2D eigenvalue weighted by atomic mass is 9.53. The van der Waals surface area contributed by atoms with Crippen LogP contribution in [0.1, 0.15) is 44.1 Å². The maximum atomic E-state index is 10.9. The molecule has 1 aromatic carbocycles. The van der Waals surface area contributed by atoms with Crippen LogP contribution in [0.5, 0.6) is 0 Å². The van der Waals surface area contributed by atoms with Gasteiger partial charge in [0.15, 0.2) is 0 Å². The van der Waals surface area contributed by atoms with Crippen LogP contribution in [0, 0.1) is 27.9 Å². The zero-order chi connectivity index (χ0) is 15.3. The minimum atomic E-state index is -0.409. The average molecular weight is 319 g/mol. The van der Waals surface area contributed by atoms with Gasteiger partial charge in [0.2, 0.25) is 0 Å². The van der Waals surface area contributed by atoms with Crippen LogP contribution in [0.4, 0.5) is 5.69 Å². The zero-order valence-corrected chi connectivity index (χ0v) is 13.1. The van der Waals surface area contributed by atoms with E-state index in [-0.39, 0.29) is 11.2 Å². The molecule has 22 heavy (non-hydrogen) atoms. The molecule has 0 radical (unpaired) electrons. The molecule has 5 heteroatoms. The molecule has 0 atom stereocenters. The van der Waals surface area contributed by atoms with Gasteiger partial charge in [-0.15, -0.1) is 0 Å². The standard InChI is InChI=1S/C17H19ClN2O2/c18-15-4-14(5-16(6-15)20(21)22)10-19-17-7-11-1-12(8-17)3-13(2-11)9-17/h4-6,10-13H,1-3,7-9H2. The second-order valence-electron chi connectivity index (χ2n) is 7.40. The Morgan fingerprint density at radius 3 is 2.27 bits per heavy atom. The summed E-state index contributed by atoms with van der Waals surface area (Å²) in [7, 11) is 0. The van der Waals surface area contributed by atoms with Crippen molar-refractivity contribution in [2.75, 3.05) is 0 Å². The van der Waals surface area contributed by atoms with Crippen LogP contribution in [-0.4, -0.2) is 16.7 Å². The van der Waals surface area contributed by atoms with Gasteiger partial charge in [0.25, 0.3) is 5.69 Å². The maximum Gasteiger partial charge on any atom is 0.271 e. The predicted octanol–water partition coefficient (Wildman–Crippen LogP) is 4.64. The molecule has 0 amide bonds. The van der Waals surface area contributed by atoms with E-state index in [0.29, 0.717) is 5.02 Å². The lowest BCUT2D eigenvalue weighted by Crippen LogP contribution is -2.49. The van der Waals surface area contributed by atoms with Gasteiger partial charge >= 0.3 is 0 Å². The van der Waals surface area contributed by atoms with Crippen molar-refractivity contribution in [2.45, 2.75) is 44.1 Å². The second kappa shape index (κ2) is 5.05. The van der Waals surface area contributed by atoms with E-state index in [1.54, 1.807) is 12.1 Å². The molecule has 4 nitrogen and oxygen atoms in total. The van der Waals surface area contributed by atoms with Crippen molar-refractivity contribution in [3.63, 3.8) is 0 Å². The van der Waals surface area contributed by atoms with E-state index in [0.717, 1.165) is 23.3 Å². The molecule has 4 fully saturated rings. The van der Waals surface area contributed by atoms with Gasteiger partial charge in [-0.1, -0.05) is 11.6 Å². The van der Waals surface area contributed by atoms with E-state index < -0.39 is 4.92 Å². The molecule has 0 spiro atoms. The fourth-order valence-electron chi connectivity index (χ4n) is 5.21. The summed E-state index contributed by atoms with van der Waals surface area (Å²) < 4.78 is 0. The first kappa shape index (κ1) is 14.2. The molecule has 0 heterocycles. The zero-order valence-electron chi connectivity index (χ0n) is 12.4. The van der Waals surface area contributed by atoms with Gasteiger partial charge in [-0.3, -0.25) is 15.1 Å². The number of nitro benzene ring substituents is 1. The monoisotopic (exact) mass is 318 g/mol. The first-order chi connectivity index (χ1) is 10.5. The molecule has 116 valence electrons. The van der Waals surface area contributed by atoms with E-state index in [1.165, 1.54) is 44.6 Å². The molecular formula is C17H19ClN2O2. The number of non-ortho nitro benzene ring substituents is 1. The molecule has 0 unspecified atom stereocenters. The average Bonchev–Trinajstić information content (AvgIpc) is 2.43. The summed E-state index contributed by atoms with van der Waals surface area (Å²) in [5.74, 6) is 2.53. The van der Waals surface area contributed by atoms with Crippen LogP contribution in [0.15, 0.2) is 23.2 Å². The summed E-state index contributed by atoms with van der Waals surface area (Å²) in [6.45, 7) is 0. The Kier molecular flexibility index (Phi) is 3.26. The van der Waals surface area contributed by atoms with Gasteiger partial charge in [0.05, 0.1) is 10.5 Å². The van der Waals surface area contributed by atoms with E-state index in [1.807, 2.05) is 6.21 Å². The normalized spacial score (nSPS) is 36.1. The molecule has 1 aromatic rings. The molecule has 0 aromatic heterocycles. The summed E-state index contributed by atoms with van der Waals surface area (Å²) in [6, 6.07) is 4.68. The molecule has 0 N–H and O–H groups in total. The Morgan fingerprint density at radius 1 is 1.14 bits per heavy atom. The number of aliphatic imine (C=N–C) groups is 1.